The zero-order valence-electron chi connectivity index (χ0n) is 41.8. The summed E-state index contributed by atoms with van der Waals surface area (Å²) in [6, 6.07) is 0. The molecule has 0 aromatic heterocycles. The molecular weight excluding hydrogens is 761 g/mol. The minimum atomic E-state index is -0.399. The van der Waals surface area contributed by atoms with E-state index in [9.17, 15) is 0 Å². The predicted molar refractivity (Wildman–Crippen MR) is 261 cm³/mol. The third-order valence-electron chi connectivity index (χ3n) is 11.6. The molecule has 364 valence electrons. The van der Waals surface area contributed by atoms with Crippen LogP contribution in [-0.4, -0.2) is 65.8 Å². The molecule has 0 rings (SSSR count). The molecule has 0 aliphatic heterocycles. The lowest BCUT2D eigenvalue weighted by Crippen LogP contribution is -2.22. The van der Waals surface area contributed by atoms with Crippen LogP contribution in [0.5, 0.6) is 0 Å². The molecule has 2 unspecified atom stereocenters. The molecule has 0 N–H and O–H groups in total. The highest BCUT2D eigenvalue weighted by Crippen LogP contribution is 2.17. The number of hydrogen-bond donors (Lipinski definition) is 0. The van der Waals surface area contributed by atoms with Crippen molar-refractivity contribution < 1.29 is 33.2 Å². The number of methoxy groups -OCH3 is 2. The largest absolute Gasteiger partial charge is 0.353 e. The SMILES string of the molecule is CCCCCCOC(CCCCCCCCCCC=CC(OC)OC(C=CCCCCCCCCCCC(OCCCCCC)OCCCCCC)OC)OCCCCCC. The van der Waals surface area contributed by atoms with Gasteiger partial charge in [0, 0.05) is 40.6 Å². The van der Waals surface area contributed by atoms with Crippen molar-refractivity contribution in [1.82, 2.24) is 0 Å². The van der Waals surface area contributed by atoms with Crippen LogP contribution in [0, 0.1) is 0 Å². The van der Waals surface area contributed by atoms with Gasteiger partial charge in [-0.05, 0) is 89.2 Å². The van der Waals surface area contributed by atoms with Crippen LogP contribution in [0.25, 0.3) is 0 Å². The first-order chi connectivity index (χ1) is 30.1. The molecule has 0 aromatic rings. The Labute approximate surface area is 380 Å². The van der Waals surface area contributed by atoms with E-state index in [1.54, 1.807) is 14.2 Å². The minimum Gasteiger partial charge on any atom is -0.353 e. The first-order valence-corrected chi connectivity index (χ1v) is 26.7. The smallest absolute Gasteiger partial charge is 0.179 e. The number of hydrogen-bond acceptors (Lipinski definition) is 7. The van der Waals surface area contributed by atoms with E-state index in [1.807, 2.05) is 12.2 Å². The Kier molecular flexibility index (Phi) is 51.2. The van der Waals surface area contributed by atoms with Gasteiger partial charge in [-0.15, -0.1) is 0 Å². The lowest BCUT2D eigenvalue weighted by Gasteiger charge is -2.19. The van der Waals surface area contributed by atoms with Crippen LogP contribution in [0.15, 0.2) is 24.3 Å². The van der Waals surface area contributed by atoms with E-state index in [2.05, 4.69) is 39.8 Å². The lowest BCUT2D eigenvalue weighted by atomic mass is 10.1. The molecule has 0 saturated carbocycles. The molecule has 0 amide bonds. The van der Waals surface area contributed by atoms with Gasteiger partial charge < -0.3 is 33.2 Å². The maximum atomic E-state index is 6.14. The van der Waals surface area contributed by atoms with Crippen molar-refractivity contribution in [1.29, 1.82) is 0 Å². The van der Waals surface area contributed by atoms with E-state index in [4.69, 9.17) is 33.2 Å². The second-order valence-electron chi connectivity index (χ2n) is 17.6. The van der Waals surface area contributed by atoms with E-state index in [0.29, 0.717) is 0 Å². The average molecular weight is 867 g/mol. The fourth-order valence-corrected chi connectivity index (χ4v) is 7.58. The van der Waals surface area contributed by atoms with Crippen LogP contribution in [0.2, 0.25) is 0 Å². The number of ether oxygens (including phenoxy) is 7. The summed E-state index contributed by atoms with van der Waals surface area (Å²) in [4.78, 5) is 0. The average Bonchev–Trinajstić information content (AvgIpc) is 3.27. The van der Waals surface area contributed by atoms with Gasteiger partial charge in [0.2, 0.25) is 0 Å². The molecule has 2 atom stereocenters. The first-order valence-electron chi connectivity index (χ1n) is 26.7. The lowest BCUT2D eigenvalue weighted by molar-refractivity contribution is -0.188. The highest BCUT2D eigenvalue weighted by Gasteiger charge is 2.12. The highest BCUT2D eigenvalue weighted by molar-refractivity contribution is 4.89. The summed E-state index contributed by atoms with van der Waals surface area (Å²) in [5, 5.41) is 0. The van der Waals surface area contributed by atoms with E-state index in [0.717, 1.165) is 77.8 Å². The Morgan fingerprint density at radius 2 is 0.574 bits per heavy atom. The Morgan fingerprint density at radius 3 is 0.852 bits per heavy atom. The zero-order chi connectivity index (χ0) is 44.4. The molecule has 7 nitrogen and oxygen atoms in total. The molecule has 0 heterocycles. The summed E-state index contributed by atoms with van der Waals surface area (Å²) in [7, 11) is 3.39. The zero-order valence-corrected chi connectivity index (χ0v) is 41.8. The van der Waals surface area contributed by atoms with E-state index >= 15 is 0 Å². The van der Waals surface area contributed by atoms with Gasteiger partial charge in [-0.3, -0.25) is 0 Å². The summed E-state index contributed by atoms with van der Waals surface area (Å²) < 4.78 is 41.8. The van der Waals surface area contributed by atoms with Crippen LogP contribution in [0.1, 0.15) is 259 Å². The monoisotopic (exact) mass is 867 g/mol. The molecule has 0 aromatic carbocycles. The Hall–Kier alpha value is -0.800. The predicted octanol–water partition coefficient (Wildman–Crippen LogP) is 16.9. The number of allylic oxidation sites excluding steroid dienone is 2. The number of rotatable bonds is 52. The van der Waals surface area contributed by atoms with Gasteiger partial charge in [0.25, 0.3) is 0 Å². The van der Waals surface area contributed by atoms with Crippen LogP contribution in [-0.2, 0) is 33.2 Å². The Balaban J connectivity index is 3.99. The van der Waals surface area contributed by atoms with Crippen molar-refractivity contribution in [3.63, 3.8) is 0 Å². The fraction of sp³-hybridized carbons (Fsp3) is 0.926. The molecular formula is C54H106O7. The topological polar surface area (TPSA) is 64.6 Å². The van der Waals surface area contributed by atoms with E-state index in [1.165, 1.54) is 180 Å². The number of unbranched alkanes of at least 4 members (excludes halogenated alkanes) is 28. The quantitative estimate of drug-likeness (QED) is 0.0343. The molecule has 0 fully saturated rings. The summed E-state index contributed by atoms with van der Waals surface area (Å²) in [5.41, 5.74) is 0. The van der Waals surface area contributed by atoms with Crippen LogP contribution < -0.4 is 0 Å². The second-order valence-corrected chi connectivity index (χ2v) is 17.6. The molecule has 0 spiro atoms. The van der Waals surface area contributed by atoms with Crippen molar-refractivity contribution in [2.24, 2.45) is 0 Å². The van der Waals surface area contributed by atoms with E-state index < -0.39 is 12.6 Å². The van der Waals surface area contributed by atoms with Crippen LogP contribution >= 0.6 is 0 Å². The Bertz CT molecular complexity index is 770. The van der Waals surface area contributed by atoms with Crippen molar-refractivity contribution in [3.8, 4) is 0 Å². The van der Waals surface area contributed by atoms with Crippen LogP contribution in [0.4, 0.5) is 0 Å². The van der Waals surface area contributed by atoms with Gasteiger partial charge in [-0.1, -0.05) is 194 Å². The maximum absolute atomic E-state index is 6.14. The van der Waals surface area contributed by atoms with Crippen molar-refractivity contribution in [2.75, 3.05) is 40.6 Å². The summed E-state index contributed by atoms with van der Waals surface area (Å²) >= 11 is 0. The van der Waals surface area contributed by atoms with Gasteiger partial charge in [0.1, 0.15) is 0 Å². The summed E-state index contributed by atoms with van der Waals surface area (Å²) in [6.45, 7) is 12.4. The van der Waals surface area contributed by atoms with Gasteiger partial charge in [-0.2, -0.15) is 0 Å². The molecule has 0 aliphatic rings. The molecule has 61 heavy (non-hydrogen) atoms. The standard InChI is InChI=1S/C54H106O7/c1-7-11-15-39-47-57-53(58-48-40-16-12-8-2)45-37-33-29-25-21-19-23-27-31-35-43-51(55-5)61-52(56-6)44-36-32-28-24-20-22-26-30-34-38-46-54(59-49-41-17-13-9-3)60-50-42-18-14-10-4/h35-36,43-44,51-54H,7-34,37-42,45-50H2,1-6H3. The Morgan fingerprint density at radius 1 is 0.311 bits per heavy atom. The third kappa shape index (κ3) is 45.6. The second kappa shape index (κ2) is 51.8. The molecule has 0 radical (unpaired) electrons. The normalized spacial score (nSPS) is 13.2. The van der Waals surface area contributed by atoms with Crippen molar-refractivity contribution in [2.45, 2.75) is 284 Å². The third-order valence-corrected chi connectivity index (χ3v) is 11.6. The van der Waals surface area contributed by atoms with Gasteiger partial charge in [0.15, 0.2) is 25.2 Å². The molecule has 7 heteroatoms. The van der Waals surface area contributed by atoms with Gasteiger partial charge in [-0.25, -0.2) is 0 Å². The molecule has 0 bridgehead atoms. The van der Waals surface area contributed by atoms with Gasteiger partial charge in [0.05, 0.1) is 0 Å². The van der Waals surface area contributed by atoms with Crippen molar-refractivity contribution in [3.05, 3.63) is 24.3 Å². The molecule has 0 aliphatic carbocycles. The van der Waals surface area contributed by atoms with Gasteiger partial charge >= 0.3 is 0 Å². The maximum Gasteiger partial charge on any atom is 0.179 e. The van der Waals surface area contributed by atoms with Crippen molar-refractivity contribution >= 4 is 0 Å². The highest BCUT2D eigenvalue weighted by atomic mass is 16.8. The fourth-order valence-electron chi connectivity index (χ4n) is 7.58. The van der Waals surface area contributed by atoms with E-state index in [-0.39, 0.29) is 12.6 Å². The summed E-state index contributed by atoms with van der Waals surface area (Å²) in [6.07, 6.45) is 52.3. The molecule has 0 saturated heterocycles. The summed E-state index contributed by atoms with van der Waals surface area (Å²) in [5.74, 6) is 0. The minimum absolute atomic E-state index is 0.00600. The first kappa shape index (κ1) is 60.2. The van der Waals surface area contributed by atoms with Crippen LogP contribution in [0.3, 0.4) is 0 Å².